The summed E-state index contributed by atoms with van der Waals surface area (Å²) in [4.78, 5) is 12.1. The third-order valence-corrected chi connectivity index (χ3v) is 5.71. The molecule has 1 saturated heterocycles. The van der Waals surface area contributed by atoms with Gasteiger partial charge in [-0.1, -0.05) is 30.2 Å². The number of halogens is 1. The lowest BCUT2D eigenvalue weighted by atomic mass is 9.64. The second-order valence-corrected chi connectivity index (χ2v) is 7.75. The summed E-state index contributed by atoms with van der Waals surface area (Å²) < 4.78 is 16.8. The molecular weight excluding hydrogens is 382 g/mol. The largest absolute Gasteiger partial charge is 0.424 e. The molecule has 4 rings (SSSR count). The molecule has 28 heavy (non-hydrogen) atoms. The van der Waals surface area contributed by atoms with Gasteiger partial charge < -0.3 is 19.2 Å². The summed E-state index contributed by atoms with van der Waals surface area (Å²) in [5.41, 5.74) is 0.918. The fraction of sp³-hybridized carbons (Fsp3) is 0.550. The summed E-state index contributed by atoms with van der Waals surface area (Å²) in [5.74, 6) is 1.05. The zero-order valence-electron chi connectivity index (χ0n) is 15.7. The molecule has 1 aromatic carbocycles. The number of carbonyl (C=O) groups is 1. The monoisotopic (exact) mass is 405 g/mol. The van der Waals surface area contributed by atoms with Crippen LogP contribution < -0.4 is 5.32 Å². The molecule has 0 spiro atoms. The first kappa shape index (κ1) is 19.4. The molecule has 8 heteroatoms. The Morgan fingerprint density at radius 3 is 2.71 bits per heavy atom. The van der Waals surface area contributed by atoms with Crippen LogP contribution in [0.1, 0.15) is 43.0 Å². The van der Waals surface area contributed by atoms with Crippen LogP contribution >= 0.6 is 11.6 Å². The first-order chi connectivity index (χ1) is 13.7. The summed E-state index contributed by atoms with van der Waals surface area (Å²) in [5, 5.41) is 12.0. The van der Waals surface area contributed by atoms with Gasteiger partial charge in [-0.15, -0.1) is 10.2 Å². The highest BCUT2D eigenvalue weighted by atomic mass is 35.5. The number of aryl methyl sites for hydroxylation is 1. The molecule has 1 N–H and O–H groups in total. The summed E-state index contributed by atoms with van der Waals surface area (Å²) >= 11 is 6.02. The van der Waals surface area contributed by atoms with Crippen molar-refractivity contribution in [2.45, 2.75) is 43.6 Å². The normalized spacial score (nSPS) is 21.1. The second-order valence-electron chi connectivity index (χ2n) is 7.32. The minimum atomic E-state index is -0.226. The summed E-state index contributed by atoms with van der Waals surface area (Å²) in [7, 11) is 0. The molecule has 1 aliphatic heterocycles. The third kappa shape index (κ3) is 4.21. The van der Waals surface area contributed by atoms with E-state index in [0.29, 0.717) is 56.0 Å². The van der Waals surface area contributed by atoms with E-state index in [2.05, 4.69) is 15.5 Å². The van der Waals surface area contributed by atoms with Crippen molar-refractivity contribution in [3.05, 3.63) is 46.6 Å². The minimum absolute atomic E-state index is 0.0648. The maximum absolute atomic E-state index is 12.1. The third-order valence-electron chi connectivity index (χ3n) is 5.46. The van der Waals surface area contributed by atoms with Crippen LogP contribution in [0.25, 0.3) is 0 Å². The van der Waals surface area contributed by atoms with Gasteiger partial charge in [-0.2, -0.15) is 0 Å². The van der Waals surface area contributed by atoms with Crippen LogP contribution in [0.5, 0.6) is 0 Å². The van der Waals surface area contributed by atoms with Gasteiger partial charge in [0.25, 0.3) is 0 Å². The highest BCUT2D eigenvalue weighted by Gasteiger charge is 2.45. The zero-order chi connectivity index (χ0) is 19.4. The average molecular weight is 406 g/mol. The van der Waals surface area contributed by atoms with Gasteiger partial charge in [-0.25, -0.2) is 0 Å². The number of rotatable bonds is 7. The summed E-state index contributed by atoms with van der Waals surface area (Å²) in [6, 6.07) is 7.82. The van der Waals surface area contributed by atoms with Crippen molar-refractivity contribution >= 4 is 17.5 Å². The molecule has 150 valence electrons. The Morgan fingerprint density at radius 1 is 1.21 bits per heavy atom. The number of benzene rings is 1. The lowest BCUT2D eigenvalue weighted by molar-refractivity contribution is -0.124. The van der Waals surface area contributed by atoms with Gasteiger partial charge in [0, 0.05) is 24.4 Å². The fourth-order valence-electron chi connectivity index (χ4n) is 3.66. The van der Waals surface area contributed by atoms with Crippen LogP contribution in [0.15, 0.2) is 28.7 Å². The van der Waals surface area contributed by atoms with Crippen LogP contribution in [-0.4, -0.2) is 48.6 Å². The Kier molecular flexibility index (Phi) is 5.94. The molecular formula is C20H24ClN3O4. The number of hydrogen-bond donors (Lipinski definition) is 1. The van der Waals surface area contributed by atoms with Crippen molar-refractivity contribution in [1.82, 2.24) is 15.5 Å². The van der Waals surface area contributed by atoms with Gasteiger partial charge in [-0.3, -0.25) is 4.79 Å². The molecule has 2 fully saturated rings. The number of amides is 1. The molecule has 7 nitrogen and oxygen atoms in total. The molecule has 0 bridgehead atoms. The van der Waals surface area contributed by atoms with Crippen LogP contribution in [-0.2, 0) is 26.1 Å². The number of carbonyl (C=O) groups excluding carboxylic acids is 1. The van der Waals surface area contributed by atoms with Crippen LogP contribution in [0.3, 0.4) is 0 Å². The lowest BCUT2D eigenvalue weighted by Gasteiger charge is -2.39. The molecule has 1 amide bonds. The zero-order valence-corrected chi connectivity index (χ0v) is 16.4. The van der Waals surface area contributed by atoms with Gasteiger partial charge in [0.1, 0.15) is 0 Å². The number of aromatic nitrogens is 2. The maximum atomic E-state index is 12.1. The quantitative estimate of drug-likeness (QED) is 0.762. The van der Waals surface area contributed by atoms with Gasteiger partial charge in [0.2, 0.25) is 17.7 Å². The van der Waals surface area contributed by atoms with Crippen molar-refractivity contribution in [3.63, 3.8) is 0 Å². The van der Waals surface area contributed by atoms with E-state index in [9.17, 15) is 4.79 Å². The van der Waals surface area contributed by atoms with Crippen molar-refractivity contribution in [2.24, 2.45) is 0 Å². The molecule has 0 unspecified atom stereocenters. The molecule has 2 aliphatic rings. The van der Waals surface area contributed by atoms with E-state index >= 15 is 0 Å². The first-order valence-electron chi connectivity index (χ1n) is 9.71. The van der Waals surface area contributed by atoms with E-state index in [0.717, 1.165) is 24.8 Å². The number of hydrogen-bond acceptors (Lipinski definition) is 6. The highest BCUT2D eigenvalue weighted by Crippen LogP contribution is 2.48. The Balaban J connectivity index is 1.32. The molecule has 0 radical (unpaired) electrons. The van der Waals surface area contributed by atoms with Crippen LogP contribution in [0.2, 0.25) is 5.02 Å². The van der Waals surface area contributed by atoms with Crippen molar-refractivity contribution < 1.29 is 18.7 Å². The Morgan fingerprint density at radius 2 is 2.04 bits per heavy atom. The summed E-state index contributed by atoms with van der Waals surface area (Å²) in [6.07, 6.45) is 3.70. The topological polar surface area (TPSA) is 86.5 Å². The van der Waals surface area contributed by atoms with Crippen molar-refractivity contribution in [1.29, 1.82) is 0 Å². The highest BCUT2D eigenvalue weighted by molar-refractivity contribution is 6.30. The van der Waals surface area contributed by atoms with E-state index in [1.54, 1.807) is 0 Å². The van der Waals surface area contributed by atoms with Crippen molar-refractivity contribution in [2.75, 3.05) is 26.4 Å². The predicted molar refractivity (Wildman–Crippen MR) is 102 cm³/mol. The Hall–Kier alpha value is -1.96. The molecule has 2 aromatic rings. The predicted octanol–water partition coefficient (Wildman–Crippen LogP) is 2.66. The second kappa shape index (κ2) is 8.59. The molecule has 1 saturated carbocycles. The van der Waals surface area contributed by atoms with E-state index in [-0.39, 0.29) is 17.4 Å². The molecule has 1 aromatic heterocycles. The van der Waals surface area contributed by atoms with Crippen LogP contribution in [0.4, 0.5) is 0 Å². The Bertz CT molecular complexity index is 798. The Labute approximate surface area is 168 Å². The minimum Gasteiger partial charge on any atom is -0.424 e. The van der Waals surface area contributed by atoms with E-state index in [4.69, 9.17) is 25.5 Å². The molecule has 2 heterocycles. The van der Waals surface area contributed by atoms with E-state index in [1.165, 1.54) is 0 Å². The number of nitrogens with zero attached hydrogens (tertiary/aromatic N) is 2. The van der Waals surface area contributed by atoms with E-state index in [1.807, 2.05) is 24.3 Å². The number of nitrogens with one attached hydrogen (secondary N) is 1. The standard InChI is InChI=1S/C20H24ClN3O4/c21-15-4-2-14(3-5-15)20(8-1-9-20)19-24-23-18(28-19)7-6-17(25)22-12-16-13-26-10-11-27-16/h2-5,16H,1,6-13H2,(H,22,25)/t16-/m1/s1. The molecule has 1 atom stereocenters. The van der Waals surface area contributed by atoms with Crippen LogP contribution in [0, 0.1) is 0 Å². The van der Waals surface area contributed by atoms with E-state index < -0.39 is 0 Å². The van der Waals surface area contributed by atoms with Crippen molar-refractivity contribution in [3.8, 4) is 0 Å². The number of ether oxygens (including phenoxy) is 2. The average Bonchev–Trinajstić information content (AvgIpc) is 3.15. The van der Waals surface area contributed by atoms with Gasteiger partial charge in [-0.05, 0) is 30.5 Å². The summed E-state index contributed by atoms with van der Waals surface area (Å²) in [6.45, 7) is 2.15. The van der Waals surface area contributed by atoms with Gasteiger partial charge in [0.15, 0.2) is 0 Å². The smallest absolute Gasteiger partial charge is 0.227 e. The fourth-order valence-corrected chi connectivity index (χ4v) is 3.79. The first-order valence-corrected chi connectivity index (χ1v) is 10.1. The van der Waals surface area contributed by atoms with Gasteiger partial charge in [0.05, 0.1) is 31.3 Å². The van der Waals surface area contributed by atoms with Gasteiger partial charge >= 0.3 is 0 Å². The SMILES string of the molecule is O=C(CCc1nnc(C2(c3ccc(Cl)cc3)CCC2)o1)NC[C@@H]1COCCO1. The lowest BCUT2D eigenvalue weighted by Crippen LogP contribution is -2.39. The molecule has 1 aliphatic carbocycles. The maximum Gasteiger partial charge on any atom is 0.227 e.